The van der Waals surface area contributed by atoms with Gasteiger partial charge in [0.1, 0.15) is 17.3 Å². The minimum absolute atomic E-state index is 0.0260. The second-order valence-corrected chi connectivity index (χ2v) is 9.73. The highest BCUT2D eigenvalue weighted by Crippen LogP contribution is 2.39. The Labute approximate surface area is 232 Å². The fourth-order valence-corrected chi connectivity index (χ4v) is 5.18. The molecule has 40 heavy (non-hydrogen) atoms. The molecule has 1 aromatic heterocycles. The van der Waals surface area contributed by atoms with Crippen LogP contribution in [0.5, 0.6) is 11.5 Å². The lowest BCUT2D eigenvalue weighted by molar-refractivity contribution is -0.142. The Bertz CT molecular complexity index is 1330. The number of rotatable bonds is 11. The third kappa shape index (κ3) is 6.50. The van der Waals surface area contributed by atoms with Gasteiger partial charge in [0.05, 0.1) is 50.7 Å². The highest BCUT2D eigenvalue weighted by Gasteiger charge is 2.32. The normalized spacial score (nSPS) is 14.3. The van der Waals surface area contributed by atoms with E-state index in [0.717, 1.165) is 32.1 Å². The number of methoxy groups -OCH3 is 3. The Balaban J connectivity index is 1.73. The van der Waals surface area contributed by atoms with E-state index in [4.69, 9.17) is 9.47 Å². The number of carbonyl (C=O) groups is 3. The quantitative estimate of drug-likeness (QED) is 0.338. The summed E-state index contributed by atoms with van der Waals surface area (Å²) in [4.78, 5) is 38.5. The molecule has 1 fully saturated rings. The summed E-state index contributed by atoms with van der Waals surface area (Å²) in [6.07, 6.45) is 4.56. The number of amides is 1. The van der Waals surface area contributed by atoms with Crippen LogP contribution in [-0.2, 0) is 14.3 Å². The first-order valence-corrected chi connectivity index (χ1v) is 13.3. The number of esters is 1. The highest BCUT2D eigenvalue weighted by atomic mass is 19.1. The van der Waals surface area contributed by atoms with Gasteiger partial charge in [-0.3, -0.25) is 14.4 Å². The van der Waals surface area contributed by atoms with Crippen molar-refractivity contribution in [3.05, 3.63) is 60.0 Å². The molecule has 1 atom stereocenters. The minimum Gasteiger partial charge on any atom is -0.496 e. The topological polar surface area (TPSA) is 109 Å². The molecule has 0 bridgehead atoms. The lowest BCUT2D eigenvalue weighted by Gasteiger charge is -2.29. The number of ether oxygens (including phenoxy) is 3. The van der Waals surface area contributed by atoms with Gasteiger partial charge in [-0.2, -0.15) is 5.10 Å². The fourth-order valence-electron chi connectivity index (χ4n) is 5.18. The maximum absolute atomic E-state index is 13.7. The highest BCUT2D eigenvalue weighted by molar-refractivity contribution is 5.98. The molecule has 1 aliphatic rings. The zero-order chi connectivity index (χ0) is 28.6. The lowest BCUT2D eigenvalue weighted by Crippen LogP contribution is -2.46. The van der Waals surface area contributed by atoms with Crippen LogP contribution in [0.1, 0.15) is 55.4 Å². The van der Waals surface area contributed by atoms with Crippen LogP contribution in [0.25, 0.3) is 16.9 Å². The van der Waals surface area contributed by atoms with Crippen molar-refractivity contribution in [2.75, 3.05) is 21.3 Å². The van der Waals surface area contributed by atoms with Gasteiger partial charge in [0, 0.05) is 6.42 Å². The first-order chi connectivity index (χ1) is 19.4. The first-order valence-electron chi connectivity index (χ1n) is 13.3. The van der Waals surface area contributed by atoms with Crippen molar-refractivity contribution >= 4 is 17.7 Å². The number of benzene rings is 2. The summed E-state index contributed by atoms with van der Waals surface area (Å²) in [6, 6.07) is 11.9. The van der Waals surface area contributed by atoms with Crippen LogP contribution >= 0.6 is 0 Å². The van der Waals surface area contributed by atoms with Crippen LogP contribution in [0, 0.1) is 11.7 Å². The van der Waals surface area contributed by atoms with E-state index in [1.165, 1.54) is 38.1 Å². The van der Waals surface area contributed by atoms with E-state index >= 15 is 0 Å². The third-order valence-electron chi connectivity index (χ3n) is 7.26. The van der Waals surface area contributed by atoms with E-state index in [1.807, 2.05) is 0 Å². The van der Waals surface area contributed by atoms with Gasteiger partial charge in [0.25, 0.3) is 5.91 Å². The Hall–Kier alpha value is -4.21. The van der Waals surface area contributed by atoms with Gasteiger partial charge in [-0.15, -0.1) is 0 Å². The average molecular weight is 552 g/mol. The number of halogens is 1. The summed E-state index contributed by atoms with van der Waals surface area (Å²) < 4.78 is 31.1. The van der Waals surface area contributed by atoms with Gasteiger partial charge in [-0.1, -0.05) is 25.3 Å². The molecule has 0 radical (unpaired) electrons. The van der Waals surface area contributed by atoms with Gasteiger partial charge in [0.2, 0.25) is 0 Å². The van der Waals surface area contributed by atoms with Crippen molar-refractivity contribution in [3.8, 4) is 28.4 Å². The molecule has 1 aliphatic carbocycles. The van der Waals surface area contributed by atoms with Crippen molar-refractivity contribution in [2.45, 2.75) is 51.0 Å². The summed E-state index contributed by atoms with van der Waals surface area (Å²) in [5.74, 6) is -0.675. The number of hydrogen-bond donors (Lipinski definition) is 1. The van der Waals surface area contributed by atoms with E-state index in [1.54, 1.807) is 36.4 Å². The van der Waals surface area contributed by atoms with Gasteiger partial charge in [-0.05, 0) is 61.2 Å². The van der Waals surface area contributed by atoms with Crippen LogP contribution in [0.2, 0.25) is 0 Å². The number of hydrogen-bond acceptors (Lipinski definition) is 7. The number of carbonyl (C=O) groups excluding carboxylic acids is 3. The molecule has 0 saturated heterocycles. The smallest absolute Gasteiger partial charge is 0.305 e. The van der Waals surface area contributed by atoms with Crippen molar-refractivity contribution in [1.29, 1.82) is 0 Å². The van der Waals surface area contributed by atoms with Crippen LogP contribution in [0.4, 0.5) is 4.39 Å². The SMILES string of the molecule is COC(=O)CCC(=O)C(NC(=O)c1cc(-c2c(OC)cccc2OC)n(-c2ccc(F)cc2)n1)C1CCCCC1. The third-order valence-corrected chi connectivity index (χ3v) is 7.26. The van der Waals surface area contributed by atoms with E-state index in [9.17, 15) is 18.8 Å². The molecule has 9 nitrogen and oxygen atoms in total. The van der Waals surface area contributed by atoms with Gasteiger partial charge >= 0.3 is 5.97 Å². The Morgan fingerprint density at radius 1 is 0.975 bits per heavy atom. The van der Waals surface area contributed by atoms with E-state index in [0.29, 0.717) is 28.4 Å². The van der Waals surface area contributed by atoms with Gasteiger partial charge in [-0.25, -0.2) is 9.07 Å². The standard InChI is InChI=1S/C30H34FN3O6/c1-38-25-10-7-11-26(39-2)28(25)23-18-22(33-34(23)21-14-12-20(31)13-15-21)30(37)32-29(19-8-5-4-6-9-19)24(35)16-17-27(36)40-3/h7,10-15,18-19,29H,4-6,8-9,16-17H2,1-3H3,(H,32,37). The molecule has 1 unspecified atom stereocenters. The Kier molecular flexibility index (Phi) is 9.52. The van der Waals surface area contributed by atoms with Crippen molar-refractivity contribution in [3.63, 3.8) is 0 Å². The van der Waals surface area contributed by atoms with Gasteiger partial charge in [0.15, 0.2) is 11.5 Å². The van der Waals surface area contributed by atoms with Crippen LogP contribution in [0.15, 0.2) is 48.5 Å². The van der Waals surface area contributed by atoms with Crippen LogP contribution < -0.4 is 14.8 Å². The first kappa shape index (κ1) is 28.8. The summed E-state index contributed by atoms with van der Waals surface area (Å²) in [7, 11) is 4.33. The maximum Gasteiger partial charge on any atom is 0.305 e. The second-order valence-electron chi connectivity index (χ2n) is 9.73. The molecule has 212 valence electrons. The van der Waals surface area contributed by atoms with Crippen molar-refractivity contribution in [1.82, 2.24) is 15.1 Å². The molecule has 0 spiro atoms. The number of ketones is 1. The molecular formula is C30H34FN3O6. The van der Waals surface area contributed by atoms with Gasteiger partial charge < -0.3 is 19.5 Å². The number of nitrogens with zero attached hydrogens (tertiary/aromatic N) is 2. The molecule has 1 amide bonds. The molecule has 1 saturated carbocycles. The largest absolute Gasteiger partial charge is 0.496 e. The zero-order valence-corrected chi connectivity index (χ0v) is 22.9. The summed E-state index contributed by atoms with van der Waals surface area (Å²) in [6.45, 7) is 0. The molecule has 2 aromatic carbocycles. The minimum atomic E-state index is -0.752. The average Bonchev–Trinajstić information content (AvgIpc) is 3.43. The summed E-state index contributed by atoms with van der Waals surface area (Å²) in [5.41, 5.74) is 1.62. The van der Waals surface area contributed by atoms with Crippen LogP contribution in [0.3, 0.4) is 0 Å². The molecule has 4 rings (SSSR count). The molecule has 1 N–H and O–H groups in total. The molecular weight excluding hydrogens is 517 g/mol. The number of Topliss-reactive ketones (excluding diaryl/α,β-unsaturated/α-hetero) is 1. The lowest BCUT2D eigenvalue weighted by atomic mass is 9.81. The monoisotopic (exact) mass is 551 g/mol. The van der Waals surface area contributed by atoms with Crippen LogP contribution in [-0.4, -0.2) is 54.8 Å². The summed E-state index contributed by atoms with van der Waals surface area (Å²) >= 11 is 0. The molecule has 1 heterocycles. The fraction of sp³-hybridized carbons (Fsp3) is 0.400. The van der Waals surface area contributed by atoms with E-state index in [2.05, 4.69) is 15.2 Å². The maximum atomic E-state index is 13.7. The second kappa shape index (κ2) is 13.2. The number of aromatic nitrogens is 2. The Morgan fingerprint density at radius 3 is 2.23 bits per heavy atom. The van der Waals surface area contributed by atoms with E-state index < -0.39 is 23.7 Å². The van der Waals surface area contributed by atoms with Crippen molar-refractivity contribution in [2.24, 2.45) is 5.92 Å². The zero-order valence-electron chi connectivity index (χ0n) is 22.9. The number of nitrogens with one attached hydrogen (secondary N) is 1. The molecule has 0 aliphatic heterocycles. The predicted octanol–water partition coefficient (Wildman–Crippen LogP) is 4.90. The predicted molar refractivity (Wildman–Crippen MR) is 146 cm³/mol. The molecule has 10 heteroatoms. The summed E-state index contributed by atoms with van der Waals surface area (Å²) in [5, 5.41) is 7.48. The van der Waals surface area contributed by atoms with E-state index in [-0.39, 0.29) is 30.2 Å². The Morgan fingerprint density at radius 2 is 1.62 bits per heavy atom. The molecule has 3 aromatic rings. The van der Waals surface area contributed by atoms with Crippen molar-refractivity contribution < 1.29 is 33.0 Å².